The van der Waals surface area contributed by atoms with Crippen LogP contribution < -0.4 is 14.9 Å². The maximum Gasteiger partial charge on any atom is 0.244 e. The van der Waals surface area contributed by atoms with Crippen molar-refractivity contribution >= 4 is 27.7 Å². The van der Waals surface area contributed by atoms with Crippen molar-refractivity contribution in [2.24, 2.45) is 0 Å². The molecule has 1 amide bonds. The number of hydrogen-bond acceptors (Lipinski definition) is 4. The molecular weight excluding hydrogens is 405 g/mol. The number of anilines is 1. The van der Waals surface area contributed by atoms with E-state index in [0.717, 1.165) is 24.9 Å². The Balaban J connectivity index is 1.60. The van der Waals surface area contributed by atoms with Crippen molar-refractivity contribution in [1.82, 2.24) is 10.0 Å². The summed E-state index contributed by atoms with van der Waals surface area (Å²) in [5.41, 5.74) is 2.28. The van der Waals surface area contributed by atoms with Crippen molar-refractivity contribution in [3.8, 4) is 0 Å². The SMILES string of the molecule is CNS(=O)(=O)c1ccc(/C=C/C(=O)NC2CCCN(c3cc(C)ccc3F)C2)cc1. The summed E-state index contributed by atoms with van der Waals surface area (Å²) in [5, 5.41) is 2.97. The number of benzene rings is 2. The lowest BCUT2D eigenvalue weighted by molar-refractivity contribution is -0.117. The second kappa shape index (κ2) is 9.40. The number of hydrogen-bond donors (Lipinski definition) is 2. The minimum atomic E-state index is -3.48. The predicted molar refractivity (Wildman–Crippen MR) is 116 cm³/mol. The standard InChI is InChI=1S/C22H26FN3O3S/c1-16-5-11-20(23)21(14-16)26-13-3-4-18(15-26)25-22(27)12-8-17-6-9-19(10-7-17)30(28,29)24-2/h5-12,14,18,24H,3-4,13,15H2,1-2H3,(H,25,27)/b12-8+. The van der Waals surface area contributed by atoms with E-state index in [4.69, 9.17) is 0 Å². The Bertz CT molecular complexity index is 1040. The number of aryl methyl sites for hydroxylation is 1. The van der Waals surface area contributed by atoms with Crippen LogP contribution in [-0.4, -0.2) is 40.5 Å². The van der Waals surface area contributed by atoms with Crippen LogP contribution in [0.3, 0.4) is 0 Å². The third-order valence-electron chi connectivity index (χ3n) is 5.10. The van der Waals surface area contributed by atoms with E-state index in [0.29, 0.717) is 17.8 Å². The van der Waals surface area contributed by atoms with Crippen LogP contribution in [0.5, 0.6) is 0 Å². The zero-order valence-corrected chi connectivity index (χ0v) is 17.9. The molecule has 1 unspecified atom stereocenters. The summed E-state index contributed by atoms with van der Waals surface area (Å²) >= 11 is 0. The summed E-state index contributed by atoms with van der Waals surface area (Å²) in [7, 11) is -2.13. The van der Waals surface area contributed by atoms with Gasteiger partial charge in [0, 0.05) is 25.2 Å². The highest BCUT2D eigenvalue weighted by Crippen LogP contribution is 2.24. The molecule has 0 radical (unpaired) electrons. The van der Waals surface area contributed by atoms with Crippen molar-refractivity contribution in [3.63, 3.8) is 0 Å². The molecule has 1 heterocycles. The van der Waals surface area contributed by atoms with Gasteiger partial charge < -0.3 is 10.2 Å². The second-order valence-electron chi connectivity index (χ2n) is 7.36. The number of carbonyl (C=O) groups is 1. The summed E-state index contributed by atoms with van der Waals surface area (Å²) in [6.45, 7) is 3.23. The van der Waals surface area contributed by atoms with E-state index in [-0.39, 0.29) is 22.7 Å². The molecule has 8 heteroatoms. The summed E-state index contributed by atoms with van der Waals surface area (Å²) in [4.78, 5) is 14.5. The van der Waals surface area contributed by atoms with Crippen molar-refractivity contribution < 1.29 is 17.6 Å². The molecule has 1 saturated heterocycles. The van der Waals surface area contributed by atoms with Crippen LogP contribution >= 0.6 is 0 Å². The number of nitrogens with one attached hydrogen (secondary N) is 2. The van der Waals surface area contributed by atoms with Crippen LogP contribution in [0, 0.1) is 12.7 Å². The number of carbonyl (C=O) groups excluding carboxylic acids is 1. The molecule has 1 aliphatic rings. The lowest BCUT2D eigenvalue weighted by atomic mass is 10.0. The third kappa shape index (κ3) is 5.46. The number of rotatable bonds is 6. The van der Waals surface area contributed by atoms with Gasteiger partial charge in [-0.1, -0.05) is 18.2 Å². The molecule has 1 fully saturated rings. The third-order valence-corrected chi connectivity index (χ3v) is 6.53. The van der Waals surface area contributed by atoms with E-state index < -0.39 is 10.0 Å². The van der Waals surface area contributed by atoms with Gasteiger partial charge in [-0.3, -0.25) is 4.79 Å². The highest BCUT2D eigenvalue weighted by molar-refractivity contribution is 7.89. The van der Waals surface area contributed by atoms with Gasteiger partial charge in [-0.25, -0.2) is 17.5 Å². The van der Waals surface area contributed by atoms with Crippen LogP contribution in [0.4, 0.5) is 10.1 Å². The Morgan fingerprint density at radius 2 is 1.93 bits per heavy atom. The first-order valence-electron chi connectivity index (χ1n) is 9.82. The van der Waals surface area contributed by atoms with E-state index in [1.54, 1.807) is 24.3 Å². The first-order chi connectivity index (χ1) is 14.3. The van der Waals surface area contributed by atoms with Gasteiger partial charge in [0.1, 0.15) is 5.82 Å². The molecule has 2 aromatic rings. The number of halogens is 1. The van der Waals surface area contributed by atoms with Gasteiger partial charge in [-0.15, -0.1) is 0 Å². The normalized spacial score (nSPS) is 17.3. The molecule has 160 valence electrons. The Morgan fingerprint density at radius 3 is 2.63 bits per heavy atom. The number of amides is 1. The quantitative estimate of drug-likeness (QED) is 0.690. The van der Waals surface area contributed by atoms with Gasteiger partial charge >= 0.3 is 0 Å². The van der Waals surface area contributed by atoms with Crippen molar-refractivity contribution in [2.75, 3.05) is 25.0 Å². The summed E-state index contributed by atoms with van der Waals surface area (Å²) in [6.07, 6.45) is 4.75. The monoisotopic (exact) mass is 431 g/mol. The van der Waals surface area contributed by atoms with Gasteiger partial charge in [-0.05, 0) is 68.3 Å². The second-order valence-corrected chi connectivity index (χ2v) is 9.25. The number of sulfonamides is 1. The Kier molecular flexibility index (Phi) is 6.89. The Labute approximate surface area is 176 Å². The fourth-order valence-electron chi connectivity index (χ4n) is 3.48. The fourth-order valence-corrected chi connectivity index (χ4v) is 4.21. The first-order valence-corrected chi connectivity index (χ1v) is 11.3. The van der Waals surface area contributed by atoms with Crippen LogP contribution in [0.2, 0.25) is 0 Å². The maximum atomic E-state index is 14.2. The molecular formula is C22H26FN3O3S. The molecule has 0 aliphatic carbocycles. The number of nitrogens with zero attached hydrogens (tertiary/aromatic N) is 1. The molecule has 3 rings (SSSR count). The van der Waals surface area contributed by atoms with E-state index in [1.807, 2.05) is 17.9 Å². The lowest BCUT2D eigenvalue weighted by Gasteiger charge is -2.35. The van der Waals surface area contributed by atoms with Crippen LogP contribution in [-0.2, 0) is 14.8 Å². The van der Waals surface area contributed by atoms with Crippen LogP contribution in [0.1, 0.15) is 24.0 Å². The lowest BCUT2D eigenvalue weighted by Crippen LogP contribution is -2.47. The molecule has 2 N–H and O–H groups in total. The van der Waals surface area contributed by atoms with Gasteiger partial charge in [0.05, 0.1) is 10.6 Å². The molecule has 0 aromatic heterocycles. The molecule has 0 bridgehead atoms. The average Bonchev–Trinajstić information content (AvgIpc) is 2.74. The smallest absolute Gasteiger partial charge is 0.244 e. The molecule has 0 saturated carbocycles. The molecule has 0 spiro atoms. The highest BCUT2D eigenvalue weighted by atomic mass is 32.2. The molecule has 1 aliphatic heterocycles. The molecule has 1 atom stereocenters. The summed E-state index contributed by atoms with van der Waals surface area (Å²) in [6, 6.07) is 11.2. The Morgan fingerprint density at radius 1 is 1.20 bits per heavy atom. The van der Waals surface area contributed by atoms with E-state index >= 15 is 0 Å². The Hall–Kier alpha value is -2.71. The fraction of sp³-hybridized carbons (Fsp3) is 0.318. The van der Waals surface area contributed by atoms with Crippen molar-refractivity contribution in [1.29, 1.82) is 0 Å². The summed E-state index contributed by atoms with van der Waals surface area (Å²) < 4.78 is 39.9. The zero-order valence-electron chi connectivity index (χ0n) is 17.1. The highest BCUT2D eigenvalue weighted by Gasteiger charge is 2.23. The van der Waals surface area contributed by atoms with Gasteiger partial charge in [0.15, 0.2) is 0 Å². The topological polar surface area (TPSA) is 78.5 Å². The number of piperidine rings is 1. The minimum Gasteiger partial charge on any atom is -0.367 e. The first kappa shape index (κ1) is 22.0. The van der Waals surface area contributed by atoms with E-state index in [1.165, 1.54) is 31.3 Å². The van der Waals surface area contributed by atoms with Crippen LogP contribution in [0.15, 0.2) is 53.4 Å². The molecule has 2 aromatic carbocycles. The molecule has 30 heavy (non-hydrogen) atoms. The van der Waals surface area contributed by atoms with Gasteiger partial charge in [0.25, 0.3) is 0 Å². The van der Waals surface area contributed by atoms with Crippen LogP contribution in [0.25, 0.3) is 6.08 Å². The van der Waals surface area contributed by atoms with Gasteiger partial charge in [0.2, 0.25) is 15.9 Å². The zero-order chi connectivity index (χ0) is 21.7. The predicted octanol–water partition coefficient (Wildman–Crippen LogP) is 2.84. The molecule has 6 nitrogen and oxygen atoms in total. The van der Waals surface area contributed by atoms with Crippen molar-refractivity contribution in [2.45, 2.75) is 30.7 Å². The van der Waals surface area contributed by atoms with E-state index in [9.17, 15) is 17.6 Å². The minimum absolute atomic E-state index is 0.0704. The summed E-state index contributed by atoms with van der Waals surface area (Å²) in [5.74, 6) is -0.491. The van der Waals surface area contributed by atoms with E-state index in [2.05, 4.69) is 10.0 Å². The average molecular weight is 432 g/mol. The largest absolute Gasteiger partial charge is 0.367 e. The van der Waals surface area contributed by atoms with Crippen molar-refractivity contribution in [3.05, 3.63) is 65.5 Å². The van der Waals surface area contributed by atoms with Gasteiger partial charge in [-0.2, -0.15) is 0 Å². The maximum absolute atomic E-state index is 14.2.